The molecule has 0 unspecified atom stereocenters. The van der Waals surface area contributed by atoms with Gasteiger partial charge in [-0.1, -0.05) is 24.6 Å². The van der Waals surface area contributed by atoms with Crippen LogP contribution in [0.1, 0.15) is 32.1 Å². The van der Waals surface area contributed by atoms with Crippen LogP contribution in [0.3, 0.4) is 0 Å². The number of hydrogen-bond donors (Lipinski definition) is 1. The summed E-state index contributed by atoms with van der Waals surface area (Å²) in [5.74, 6) is 2.78. The van der Waals surface area contributed by atoms with Gasteiger partial charge in [0, 0.05) is 23.1 Å². The van der Waals surface area contributed by atoms with Gasteiger partial charge >= 0.3 is 0 Å². The van der Waals surface area contributed by atoms with Gasteiger partial charge in [0.25, 0.3) is 0 Å². The zero-order valence-electron chi connectivity index (χ0n) is 11.2. The largest absolute Gasteiger partial charge is 0.353 e. The Kier molecular flexibility index (Phi) is 4.12. The lowest BCUT2D eigenvalue weighted by Gasteiger charge is -2.22. The van der Waals surface area contributed by atoms with E-state index < -0.39 is 0 Å². The van der Waals surface area contributed by atoms with Crippen LogP contribution in [0.5, 0.6) is 0 Å². The molecule has 1 aromatic rings. The standard InChI is InChI=1S/C16H21NOS/c18-16(8-9-19-14-4-2-1-3-5-14)17-15-11-12-6-7-13(15)10-12/h1-5,12-13,15H,6-11H2,(H,17,18)/t12-,13-,15+/m1/s1. The van der Waals surface area contributed by atoms with Crippen molar-refractivity contribution >= 4 is 17.7 Å². The van der Waals surface area contributed by atoms with Crippen LogP contribution in [0.4, 0.5) is 0 Å². The number of hydrogen-bond acceptors (Lipinski definition) is 2. The first-order valence-corrected chi connectivity index (χ1v) is 8.27. The van der Waals surface area contributed by atoms with Gasteiger partial charge in [-0.3, -0.25) is 4.79 Å². The second-order valence-electron chi connectivity index (χ2n) is 5.76. The molecule has 0 heterocycles. The van der Waals surface area contributed by atoms with E-state index >= 15 is 0 Å². The topological polar surface area (TPSA) is 29.1 Å². The average Bonchev–Trinajstić information content (AvgIpc) is 3.02. The van der Waals surface area contributed by atoms with E-state index in [1.165, 1.54) is 30.6 Å². The summed E-state index contributed by atoms with van der Waals surface area (Å²) in [6, 6.07) is 10.8. The molecule has 0 saturated heterocycles. The van der Waals surface area contributed by atoms with Crippen LogP contribution >= 0.6 is 11.8 Å². The number of nitrogens with one attached hydrogen (secondary N) is 1. The van der Waals surface area contributed by atoms with Crippen LogP contribution in [0.15, 0.2) is 35.2 Å². The predicted octanol–water partition coefficient (Wildman–Crippen LogP) is 3.47. The maximum absolute atomic E-state index is 11.9. The van der Waals surface area contributed by atoms with Gasteiger partial charge in [0.2, 0.25) is 5.91 Å². The number of carbonyl (C=O) groups excluding carboxylic acids is 1. The molecule has 2 bridgehead atoms. The third-order valence-electron chi connectivity index (χ3n) is 4.43. The zero-order valence-corrected chi connectivity index (χ0v) is 12.0. The summed E-state index contributed by atoms with van der Waals surface area (Å²) >= 11 is 1.76. The first-order valence-electron chi connectivity index (χ1n) is 7.28. The maximum atomic E-state index is 11.9. The van der Waals surface area contributed by atoms with Gasteiger partial charge in [-0.15, -0.1) is 11.8 Å². The van der Waals surface area contributed by atoms with Gasteiger partial charge in [-0.05, 0) is 43.2 Å². The first kappa shape index (κ1) is 13.0. The van der Waals surface area contributed by atoms with Crippen molar-refractivity contribution in [3.63, 3.8) is 0 Å². The highest BCUT2D eigenvalue weighted by atomic mass is 32.2. The van der Waals surface area contributed by atoms with E-state index in [9.17, 15) is 4.79 Å². The normalized spacial score (nSPS) is 28.5. The van der Waals surface area contributed by atoms with Crippen molar-refractivity contribution in [1.29, 1.82) is 0 Å². The van der Waals surface area contributed by atoms with E-state index in [2.05, 4.69) is 17.4 Å². The second-order valence-corrected chi connectivity index (χ2v) is 6.93. The lowest BCUT2D eigenvalue weighted by molar-refractivity contribution is -0.121. The molecular weight excluding hydrogens is 254 g/mol. The second kappa shape index (κ2) is 6.00. The minimum Gasteiger partial charge on any atom is -0.353 e. The molecule has 1 aromatic carbocycles. The predicted molar refractivity (Wildman–Crippen MR) is 79.2 cm³/mol. The summed E-state index contributed by atoms with van der Waals surface area (Å²) in [7, 11) is 0. The number of carbonyl (C=O) groups is 1. The molecule has 1 N–H and O–H groups in total. The Balaban J connectivity index is 1.38. The monoisotopic (exact) mass is 275 g/mol. The fourth-order valence-corrected chi connectivity index (χ4v) is 4.35. The third-order valence-corrected chi connectivity index (χ3v) is 5.44. The SMILES string of the molecule is O=C(CCSc1ccccc1)N[C@H]1C[C@@H]2CC[C@@H]1C2. The van der Waals surface area contributed by atoms with E-state index in [0.29, 0.717) is 12.5 Å². The van der Waals surface area contributed by atoms with Gasteiger partial charge in [0.15, 0.2) is 0 Å². The molecule has 0 aliphatic heterocycles. The van der Waals surface area contributed by atoms with Gasteiger partial charge in [0.1, 0.15) is 0 Å². The van der Waals surface area contributed by atoms with E-state index in [4.69, 9.17) is 0 Å². The summed E-state index contributed by atoms with van der Waals surface area (Å²) in [4.78, 5) is 13.2. The third kappa shape index (κ3) is 3.33. The molecule has 3 heteroatoms. The van der Waals surface area contributed by atoms with Crippen molar-refractivity contribution in [2.45, 2.75) is 43.0 Å². The molecule has 19 heavy (non-hydrogen) atoms. The number of thioether (sulfide) groups is 1. The molecule has 3 atom stereocenters. The molecule has 2 aliphatic carbocycles. The van der Waals surface area contributed by atoms with E-state index in [1.54, 1.807) is 11.8 Å². The van der Waals surface area contributed by atoms with Crippen molar-refractivity contribution in [3.8, 4) is 0 Å². The Morgan fingerprint density at radius 1 is 1.21 bits per heavy atom. The van der Waals surface area contributed by atoms with E-state index in [0.717, 1.165) is 17.6 Å². The van der Waals surface area contributed by atoms with Crippen LogP contribution in [0.25, 0.3) is 0 Å². The molecule has 2 nitrogen and oxygen atoms in total. The van der Waals surface area contributed by atoms with E-state index in [-0.39, 0.29) is 5.91 Å². The molecule has 2 aliphatic rings. The zero-order chi connectivity index (χ0) is 13.1. The van der Waals surface area contributed by atoms with Crippen LogP contribution in [0.2, 0.25) is 0 Å². The molecule has 2 fully saturated rings. The van der Waals surface area contributed by atoms with Crippen molar-refractivity contribution in [3.05, 3.63) is 30.3 Å². The summed E-state index contributed by atoms with van der Waals surface area (Å²) in [5.41, 5.74) is 0. The van der Waals surface area contributed by atoms with Gasteiger partial charge < -0.3 is 5.32 Å². The molecular formula is C16H21NOS. The van der Waals surface area contributed by atoms with Crippen LogP contribution in [-0.2, 0) is 4.79 Å². The molecule has 0 radical (unpaired) electrons. The molecule has 1 amide bonds. The molecule has 3 rings (SSSR count). The van der Waals surface area contributed by atoms with Crippen molar-refractivity contribution in [2.75, 3.05) is 5.75 Å². The summed E-state index contributed by atoms with van der Waals surface area (Å²) in [6.07, 6.45) is 5.93. The smallest absolute Gasteiger partial charge is 0.221 e. The Bertz CT molecular complexity index is 434. The Morgan fingerprint density at radius 3 is 2.74 bits per heavy atom. The first-order chi connectivity index (χ1) is 9.31. The van der Waals surface area contributed by atoms with Gasteiger partial charge in [-0.25, -0.2) is 0 Å². The number of benzene rings is 1. The van der Waals surface area contributed by atoms with Crippen LogP contribution < -0.4 is 5.32 Å². The van der Waals surface area contributed by atoms with Gasteiger partial charge in [0.05, 0.1) is 0 Å². The van der Waals surface area contributed by atoms with Crippen LogP contribution in [0, 0.1) is 11.8 Å². The van der Waals surface area contributed by atoms with Crippen molar-refractivity contribution < 1.29 is 4.79 Å². The summed E-state index contributed by atoms with van der Waals surface area (Å²) in [6.45, 7) is 0. The number of rotatable bonds is 5. The lowest BCUT2D eigenvalue weighted by atomic mass is 9.95. The highest BCUT2D eigenvalue weighted by Gasteiger charge is 2.39. The maximum Gasteiger partial charge on any atom is 0.221 e. The minimum atomic E-state index is 0.237. The van der Waals surface area contributed by atoms with Crippen molar-refractivity contribution in [2.24, 2.45) is 11.8 Å². The number of fused-ring (bicyclic) bond motifs is 2. The Morgan fingerprint density at radius 2 is 2.05 bits per heavy atom. The Hall–Kier alpha value is -0.960. The minimum absolute atomic E-state index is 0.237. The summed E-state index contributed by atoms with van der Waals surface area (Å²) < 4.78 is 0. The molecule has 0 spiro atoms. The van der Waals surface area contributed by atoms with Crippen LogP contribution in [-0.4, -0.2) is 17.7 Å². The highest BCUT2D eigenvalue weighted by Crippen LogP contribution is 2.44. The van der Waals surface area contributed by atoms with Gasteiger partial charge in [-0.2, -0.15) is 0 Å². The molecule has 2 saturated carbocycles. The summed E-state index contributed by atoms with van der Waals surface area (Å²) in [5, 5.41) is 3.24. The fourth-order valence-electron chi connectivity index (χ4n) is 3.48. The molecule has 102 valence electrons. The van der Waals surface area contributed by atoms with Crippen molar-refractivity contribution in [1.82, 2.24) is 5.32 Å². The average molecular weight is 275 g/mol. The Labute approximate surface area is 119 Å². The highest BCUT2D eigenvalue weighted by molar-refractivity contribution is 7.99. The number of amides is 1. The molecule has 0 aromatic heterocycles. The van der Waals surface area contributed by atoms with E-state index in [1.807, 2.05) is 18.2 Å². The lowest BCUT2D eigenvalue weighted by Crippen LogP contribution is -2.38. The quantitative estimate of drug-likeness (QED) is 0.834. The fraction of sp³-hybridized carbons (Fsp3) is 0.562.